The maximum absolute atomic E-state index is 12.4. The number of aromatic nitrogens is 2. The molecule has 7 heteroatoms. The van der Waals surface area contributed by atoms with Gasteiger partial charge in [0.05, 0.1) is 5.69 Å². The van der Waals surface area contributed by atoms with Gasteiger partial charge in [0.25, 0.3) is 0 Å². The van der Waals surface area contributed by atoms with Gasteiger partial charge in [0.1, 0.15) is 4.90 Å². The van der Waals surface area contributed by atoms with Crippen molar-refractivity contribution >= 4 is 21.6 Å². The van der Waals surface area contributed by atoms with E-state index in [-0.39, 0.29) is 17.5 Å². The Labute approximate surface area is 130 Å². The van der Waals surface area contributed by atoms with Crippen LogP contribution in [0.3, 0.4) is 0 Å². The minimum atomic E-state index is -3.61. The molecule has 0 aliphatic heterocycles. The van der Waals surface area contributed by atoms with Crippen molar-refractivity contribution in [1.29, 1.82) is 0 Å². The Morgan fingerprint density at radius 3 is 2.57 bits per heavy atom. The van der Waals surface area contributed by atoms with Crippen molar-refractivity contribution in [2.24, 2.45) is 0 Å². The molecule has 0 bridgehead atoms. The zero-order valence-electron chi connectivity index (χ0n) is 12.2. The second-order valence-corrected chi connectivity index (χ2v) is 7.21. The van der Waals surface area contributed by atoms with Gasteiger partial charge in [-0.05, 0) is 32.4 Å². The third-order valence-electron chi connectivity index (χ3n) is 3.10. The standard InChI is InChI=1S/C14H18ClN3O2S/c1-10(2)18-9-14(11(3)17-18)21(19,20)16-8-12-6-4-5-7-13(12)15/h4-7,9-10,16H,8H2,1-3H3. The molecule has 1 aromatic heterocycles. The highest BCUT2D eigenvalue weighted by atomic mass is 35.5. The molecule has 0 saturated heterocycles. The van der Waals surface area contributed by atoms with Crippen molar-refractivity contribution < 1.29 is 8.42 Å². The smallest absolute Gasteiger partial charge is 0.244 e. The van der Waals surface area contributed by atoms with Crippen LogP contribution in [-0.4, -0.2) is 18.2 Å². The van der Waals surface area contributed by atoms with E-state index in [9.17, 15) is 8.42 Å². The lowest BCUT2D eigenvalue weighted by atomic mass is 10.2. The molecule has 114 valence electrons. The van der Waals surface area contributed by atoms with Crippen LogP contribution in [0.5, 0.6) is 0 Å². The molecule has 0 spiro atoms. The Balaban J connectivity index is 2.21. The summed E-state index contributed by atoms with van der Waals surface area (Å²) in [6, 6.07) is 7.24. The first-order chi connectivity index (χ1) is 9.81. The molecule has 0 saturated carbocycles. The fraction of sp³-hybridized carbons (Fsp3) is 0.357. The number of benzene rings is 1. The van der Waals surface area contributed by atoms with E-state index in [2.05, 4.69) is 9.82 Å². The predicted molar refractivity (Wildman–Crippen MR) is 82.8 cm³/mol. The summed E-state index contributed by atoms with van der Waals surface area (Å²) in [5.41, 5.74) is 1.21. The summed E-state index contributed by atoms with van der Waals surface area (Å²) in [5.74, 6) is 0. The Morgan fingerprint density at radius 1 is 1.33 bits per heavy atom. The molecule has 1 heterocycles. The van der Waals surface area contributed by atoms with E-state index in [1.807, 2.05) is 19.9 Å². The first-order valence-electron chi connectivity index (χ1n) is 6.60. The third-order valence-corrected chi connectivity index (χ3v) is 4.97. The molecular formula is C14H18ClN3O2S. The lowest BCUT2D eigenvalue weighted by Crippen LogP contribution is -2.23. The number of hydrogen-bond acceptors (Lipinski definition) is 3. The molecule has 21 heavy (non-hydrogen) atoms. The fourth-order valence-corrected chi connectivity index (χ4v) is 3.27. The SMILES string of the molecule is Cc1nn(C(C)C)cc1S(=O)(=O)NCc1ccccc1Cl. The van der Waals surface area contributed by atoms with Crippen molar-refractivity contribution in [3.63, 3.8) is 0 Å². The molecular weight excluding hydrogens is 310 g/mol. The number of nitrogens with one attached hydrogen (secondary N) is 1. The lowest BCUT2D eigenvalue weighted by molar-refractivity contribution is 0.528. The number of hydrogen-bond donors (Lipinski definition) is 1. The number of rotatable bonds is 5. The first kappa shape index (κ1) is 16.0. The Hall–Kier alpha value is -1.37. The van der Waals surface area contributed by atoms with Gasteiger partial charge in [-0.1, -0.05) is 29.8 Å². The molecule has 0 radical (unpaired) electrons. The van der Waals surface area contributed by atoms with Crippen molar-refractivity contribution in [1.82, 2.24) is 14.5 Å². The van der Waals surface area contributed by atoms with Gasteiger partial charge < -0.3 is 0 Å². The maximum atomic E-state index is 12.4. The van der Waals surface area contributed by atoms with Crippen LogP contribution in [0.25, 0.3) is 0 Å². The highest BCUT2D eigenvalue weighted by Gasteiger charge is 2.21. The van der Waals surface area contributed by atoms with Crippen LogP contribution in [0.2, 0.25) is 5.02 Å². The van der Waals surface area contributed by atoms with Gasteiger partial charge in [-0.15, -0.1) is 0 Å². The zero-order chi connectivity index (χ0) is 15.6. The van der Waals surface area contributed by atoms with E-state index in [1.165, 1.54) is 0 Å². The number of nitrogens with zero attached hydrogens (tertiary/aromatic N) is 2. The highest BCUT2D eigenvalue weighted by molar-refractivity contribution is 7.89. The molecule has 0 amide bonds. The Kier molecular flexibility index (Phi) is 4.70. The lowest BCUT2D eigenvalue weighted by Gasteiger charge is -2.07. The van der Waals surface area contributed by atoms with Gasteiger partial charge in [0.2, 0.25) is 10.0 Å². The van der Waals surface area contributed by atoms with E-state index < -0.39 is 10.0 Å². The molecule has 2 aromatic rings. The van der Waals surface area contributed by atoms with Crippen molar-refractivity contribution in [3.8, 4) is 0 Å². The van der Waals surface area contributed by atoms with Crippen LogP contribution in [0.4, 0.5) is 0 Å². The minimum absolute atomic E-state index is 0.108. The molecule has 5 nitrogen and oxygen atoms in total. The second kappa shape index (κ2) is 6.17. The largest absolute Gasteiger partial charge is 0.269 e. The van der Waals surface area contributed by atoms with Gasteiger partial charge in [0.15, 0.2) is 0 Å². The molecule has 1 aromatic carbocycles. The molecule has 0 unspecified atom stereocenters. The number of aryl methyl sites for hydroxylation is 1. The summed E-state index contributed by atoms with van der Waals surface area (Å²) in [7, 11) is -3.61. The normalized spacial score (nSPS) is 12.0. The average molecular weight is 328 g/mol. The van der Waals surface area contributed by atoms with Gasteiger partial charge in [-0.25, -0.2) is 13.1 Å². The predicted octanol–water partition coefficient (Wildman–Crippen LogP) is 2.90. The topological polar surface area (TPSA) is 64.0 Å². The molecule has 0 aliphatic rings. The quantitative estimate of drug-likeness (QED) is 0.918. The average Bonchev–Trinajstić information content (AvgIpc) is 2.81. The summed E-state index contributed by atoms with van der Waals surface area (Å²) in [6.45, 7) is 5.72. The van der Waals surface area contributed by atoms with Gasteiger partial charge in [-0.3, -0.25) is 4.68 Å². The monoisotopic (exact) mass is 327 g/mol. The Morgan fingerprint density at radius 2 is 2.00 bits per heavy atom. The van der Waals surface area contributed by atoms with Crippen molar-refractivity contribution in [2.75, 3.05) is 0 Å². The molecule has 0 fully saturated rings. The van der Waals surface area contributed by atoms with Gasteiger partial charge in [0, 0.05) is 23.8 Å². The fourth-order valence-electron chi connectivity index (χ4n) is 1.89. The minimum Gasteiger partial charge on any atom is -0.269 e. The first-order valence-corrected chi connectivity index (χ1v) is 8.46. The third kappa shape index (κ3) is 3.64. The van der Waals surface area contributed by atoms with Gasteiger partial charge in [-0.2, -0.15) is 5.10 Å². The van der Waals surface area contributed by atoms with Crippen molar-refractivity contribution in [2.45, 2.75) is 38.3 Å². The number of halogens is 1. The zero-order valence-corrected chi connectivity index (χ0v) is 13.7. The van der Waals surface area contributed by atoms with Crippen LogP contribution in [-0.2, 0) is 16.6 Å². The van der Waals surface area contributed by atoms with E-state index >= 15 is 0 Å². The second-order valence-electron chi connectivity index (χ2n) is 5.07. The van der Waals surface area contributed by atoms with Gasteiger partial charge >= 0.3 is 0 Å². The van der Waals surface area contributed by atoms with Crippen LogP contribution < -0.4 is 4.72 Å². The van der Waals surface area contributed by atoms with E-state index in [1.54, 1.807) is 36.0 Å². The van der Waals surface area contributed by atoms with Crippen LogP contribution in [0.1, 0.15) is 31.1 Å². The van der Waals surface area contributed by atoms with Crippen molar-refractivity contribution in [3.05, 3.63) is 46.7 Å². The van der Waals surface area contributed by atoms with E-state index in [0.717, 1.165) is 5.56 Å². The molecule has 0 aliphatic carbocycles. The van der Waals surface area contributed by atoms with E-state index in [0.29, 0.717) is 10.7 Å². The molecule has 2 rings (SSSR count). The van der Waals surface area contributed by atoms with Crippen LogP contribution in [0.15, 0.2) is 35.4 Å². The van der Waals surface area contributed by atoms with Crippen LogP contribution >= 0.6 is 11.6 Å². The summed E-state index contributed by atoms with van der Waals surface area (Å²) >= 11 is 6.02. The Bertz CT molecular complexity index is 738. The van der Waals surface area contributed by atoms with E-state index in [4.69, 9.17) is 11.6 Å². The number of sulfonamides is 1. The maximum Gasteiger partial charge on any atom is 0.244 e. The van der Waals surface area contributed by atoms with Crippen LogP contribution in [0, 0.1) is 6.92 Å². The summed E-state index contributed by atoms with van der Waals surface area (Å²) < 4.78 is 28.9. The molecule has 1 N–H and O–H groups in total. The highest BCUT2D eigenvalue weighted by Crippen LogP contribution is 2.18. The summed E-state index contributed by atoms with van der Waals surface area (Å²) in [5, 5.41) is 4.76. The molecule has 0 atom stereocenters. The summed E-state index contributed by atoms with van der Waals surface area (Å²) in [6.07, 6.45) is 1.55. The summed E-state index contributed by atoms with van der Waals surface area (Å²) in [4.78, 5) is 0.197.